The van der Waals surface area contributed by atoms with E-state index in [1.165, 1.54) is 0 Å². The van der Waals surface area contributed by atoms with Gasteiger partial charge in [-0.25, -0.2) is 0 Å². The van der Waals surface area contributed by atoms with Gasteiger partial charge in [0.15, 0.2) is 17.4 Å². The summed E-state index contributed by atoms with van der Waals surface area (Å²) in [5.74, 6) is 0. The molecule has 0 nitrogen and oxygen atoms in total. The van der Waals surface area contributed by atoms with Crippen LogP contribution in [0.3, 0.4) is 0 Å². The van der Waals surface area contributed by atoms with Gasteiger partial charge >= 0.3 is 0 Å². The molecule has 6 heavy (non-hydrogen) atoms. The van der Waals surface area contributed by atoms with E-state index in [2.05, 4.69) is 0 Å². The second kappa shape index (κ2) is 36.8. The molecular formula is H3AlCoCrNiPtY. The van der Waals surface area contributed by atoms with E-state index in [4.69, 9.17) is 0 Å². The van der Waals surface area contributed by atoms with Gasteiger partial charge in [0, 0.05) is 104 Å². The van der Waals surface area contributed by atoms with Crippen molar-refractivity contribution in [1.82, 2.24) is 0 Å². The average molecular weight is 484 g/mol. The Labute approximate surface area is 119 Å². The molecule has 0 saturated heterocycles. The molecule has 0 bridgehead atoms. The Morgan fingerprint density at radius 1 is 1.00 bits per heavy atom. The molecule has 0 aliphatic rings. The van der Waals surface area contributed by atoms with Crippen LogP contribution in [0.4, 0.5) is 0 Å². The first kappa shape index (κ1) is 52.0. The van der Waals surface area contributed by atoms with E-state index in [9.17, 15) is 0 Å². The van der Waals surface area contributed by atoms with Crippen molar-refractivity contribution < 1.29 is 104 Å². The maximum atomic E-state index is 0. The largest absolute Gasteiger partial charge is 0.187 e. The fourth-order valence-electron chi connectivity index (χ4n) is 0. The van der Waals surface area contributed by atoms with Crippen molar-refractivity contribution in [2.75, 3.05) is 0 Å². The Morgan fingerprint density at radius 2 is 1.00 bits per heavy atom. The molecule has 6 heteroatoms. The Kier molecular flexibility index (Phi) is 318. The minimum Gasteiger partial charge on any atom is 0 e. The minimum atomic E-state index is 0. The first-order valence-electron chi connectivity index (χ1n) is 0. The Hall–Kier alpha value is 3.86. The molecule has 0 aromatic carbocycles. The zero-order valence-corrected chi connectivity index (χ0v) is 10.4. The fraction of sp³-hybridized carbons (Fsp3) is 0. The third-order valence-electron chi connectivity index (χ3n) is 0. The summed E-state index contributed by atoms with van der Waals surface area (Å²) in [7, 11) is 0. The fourth-order valence-corrected chi connectivity index (χ4v) is 0. The van der Waals surface area contributed by atoms with Crippen LogP contribution in [0.1, 0.15) is 0 Å². The van der Waals surface area contributed by atoms with E-state index in [1.807, 2.05) is 0 Å². The van der Waals surface area contributed by atoms with Crippen LogP contribution < -0.4 is 0 Å². The molecule has 0 aliphatic carbocycles. The predicted octanol–water partition coefficient (Wildman–Crippen LogP) is -1.20. The standard InChI is InChI=1S/Al.Co.Cr.Ni.Pt.Y.3H. The molecule has 0 aromatic rings. The normalized spacial score (nSPS) is 0. The van der Waals surface area contributed by atoms with Gasteiger partial charge in [-0.1, -0.05) is 0 Å². The van der Waals surface area contributed by atoms with Gasteiger partial charge in [0.25, 0.3) is 0 Å². The van der Waals surface area contributed by atoms with Crippen molar-refractivity contribution in [3.05, 3.63) is 0 Å². The van der Waals surface area contributed by atoms with Gasteiger partial charge in [-0.2, -0.15) is 0 Å². The van der Waals surface area contributed by atoms with Crippen LogP contribution in [-0.4, -0.2) is 17.4 Å². The molecule has 0 N–H and O–H groups in total. The Balaban J connectivity index is 0. The summed E-state index contributed by atoms with van der Waals surface area (Å²) >= 11 is 0. The molecule has 0 aliphatic heterocycles. The Bertz CT molecular complexity index is 15.5. The maximum Gasteiger partial charge on any atom is 0.187 e. The van der Waals surface area contributed by atoms with Crippen LogP contribution in [0.25, 0.3) is 0 Å². The summed E-state index contributed by atoms with van der Waals surface area (Å²) in [6.07, 6.45) is 0. The SMILES string of the molecule is [AlH3].[Co].[Cr].[Ni].[Pt].[Y]. The summed E-state index contributed by atoms with van der Waals surface area (Å²) in [5.41, 5.74) is 0. The molecule has 0 amide bonds. The van der Waals surface area contributed by atoms with Crippen LogP contribution in [0.5, 0.6) is 0 Å². The van der Waals surface area contributed by atoms with Crippen LogP contribution in [0.15, 0.2) is 0 Å². The van der Waals surface area contributed by atoms with E-state index in [0.717, 1.165) is 0 Å². The zero-order chi connectivity index (χ0) is 0. The summed E-state index contributed by atoms with van der Waals surface area (Å²) in [5, 5.41) is 0. The van der Waals surface area contributed by atoms with Gasteiger partial charge in [-0.15, -0.1) is 0 Å². The van der Waals surface area contributed by atoms with Crippen molar-refractivity contribution in [3.63, 3.8) is 0 Å². The Morgan fingerprint density at radius 3 is 1.00 bits per heavy atom. The first-order valence-corrected chi connectivity index (χ1v) is 0. The number of hydrogen-bond acceptors (Lipinski definition) is 0. The molecule has 0 unspecified atom stereocenters. The topological polar surface area (TPSA) is 0 Å². The molecule has 0 atom stereocenters. The number of rotatable bonds is 0. The van der Waals surface area contributed by atoms with Crippen LogP contribution in [0, 0.1) is 0 Å². The van der Waals surface area contributed by atoms with Crippen LogP contribution >= 0.6 is 0 Å². The molecule has 0 fully saturated rings. The summed E-state index contributed by atoms with van der Waals surface area (Å²) in [4.78, 5) is 0. The van der Waals surface area contributed by atoms with Gasteiger partial charge in [0.05, 0.1) is 0 Å². The third-order valence-corrected chi connectivity index (χ3v) is 0. The van der Waals surface area contributed by atoms with Gasteiger partial charge in [-0.3, -0.25) is 0 Å². The van der Waals surface area contributed by atoms with Crippen molar-refractivity contribution in [2.45, 2.75) is 0 Å². The van der Waals surface area contributed by atoms with E-state index in [0.29, 0.717) is 0 Å². The molecule has 0 aromatic heterocycles. The van der Waals surface area contributed by atoms with Crippen LogP contribution in [0.2, 0.25) is 0 Å². The van der Waals surface area contributed by atoms with E-state index >= 15 is 0 Å². The molecule has 0 rings (SSSR count). The monoisotopic (exact) mass is 483 g/mol. The minimum absolute atomic E-state index is 0. The predicted molar refractivity (Wildman–Crippen MR) is 9.94 cm³/mol. The van der Waals surface area contributed by atoms with Crippen molar-refractivity contribution in [1.29, 1.82) is 0 Å². The molecular weight excluding hydrogens is 481 g/mol. The van der Waals surface area contributed by atoms with E-state index in [1.54, 1.807) is 0 Å². The number of hydrogen-bond donors (Lipinski definition) is 0. The summed E-state index contributed by atoms with van der Waals surface area (Å²) in [6, 6.07) is 0. The molecule has 0 spiro atoms. The molecule has 0 saturated carbocycles. The first-order chi connectivity index (χ1) is 0. The van der Waals surface area contributed by atoms with Crippen molar-refractivity contribution in [2.24, 2.45) is 0 Å². The molecule has 44 valence electrons. The second-order valence-electron chi connectivity index (χ2n) is 0. The quantitative estimate of drug-likeness (QED) is 0.380. The summed E-state index contributed by atoms with van der Waals surface area (Å²) < 4.78 is 0. The van der Waals surface area contributed by atoms with Crippen LogP contribution in [-0.2, 0) is 104 Å². The summed E-state index contributed by atoms with van der Waals surface area (Å²) in [6.45, 7) is 0. The van der Waals surface area contributed by atoms with E-state index < -0.39 is 0 Å². The van der Waals surface area contributed by atoms with E-state index in [-0.39, 0.29) is 122 Å². The van der Waals surface area contributed by atoms with Gasteiger partial charge in [0.1, 0.15) is 0 Å². The van der Waals surface area contributed by atoms with Gasteiger partial charge in [-0.05, 0) is 0 Å². The van der Waals surface area contributed by atoms with Gasteiger partial charge < -0.3 is 0 Å². The molecule has 2 radical (unpaired) electrons. The van der Waals surface area contributed by atoms with Crippen molar-refractivity contribution in [3.8, 4) is 0 Å². The third kappa shape index (κ3) is 24.8. The maximum absolute atomic E-state index is 0. The molecule has 0 heterocycles. The zero-order valence-electron chi connectivity index (χ0n) is 1.95. The second-order valence-corrected chi connectivity index (χ2v) is 0. The van der Waals surface area contributed by atoms with Crippen molar-refractivity contribution >= 4 is 17.4 Å². The van der Waals surface area contributed by atoms with Gasteiger partial charge in [0.2, 0.25) is 0 Å². The smallest absolute Gasteiger partial charge is 0 e. The average Bonchev–Trinajstić information content (AvgIpc) is 0.